The highest BCUT2D eigenvalue weighted by atomic mass is 16.5. The molecule has 0 aliphatic carbocycles. The van der Waals surface area contributed by atoms with Crippen LogP contribution < -0.4 is 0 Å². The zero-order valence-electron chi connectivity index (χ0n) is 34.8. The highest BCUT2D eigenvalue weighted by Crippen LogP contribution is 2.16. The fraction of sp³-hybridized carbons (Fsp3) is 0.830. The Labute approximate surface area is 320 Å². The van der Waals surface area contributed by atoms with Crippen LogP contribution in [0.2, 0.25) is 0 Å². The van der Waals surface area contributed by atoms with Crippen molar-refractivity contribution in [3.05, 3.63) is 48.6 Å². The van der Waals surface area contributed by atoms with Crippen molar-refractivity contribution < 1.29 is 9.47 Å². The van der Waals surface area contributed by atoms with E-state index >= 15 is 0 Å². The molecule has 0 amide bonds. The first-order valence-corrected chi connectivity index (χ1v) is 22.3. The third kappa shape index (κ3) is 33.1. The Morgan fingerprint density at radius 2 is 0.980 bits per heavy atom. The summed E-state index contributed by atoms with van der Waals surface area (Å²) in [6.45, 7) is 10.6. The lowest BCUT2D eigenvalue weighted by Crippen LogP contribution is -2.43. The number of rotatable bonds is 37. The van der Waals surface area contributed by atoms with Gasteiger partial charge in [0, 0.05) is 25.8 Å². The van der Waals surface area contributed by atoms with E-state index in [4.69, 9.17) is 9.47 Å². The van der Waals surface area contributed by atoms with E-state index in [1.54, 1.807) is 0 Å². The molecule has 0 spiro atoms. The summed E-state index contributed by atoms with van der Waals surface area (Å²) >= 11 is 0. The summed E-state index contributed by atoms with van der Waals surface area (Å²) in [6.07, 6.45) is 53.6. The molecule has 1 atom stereocenters. The van der Waals surface area contributed by atoms with Crippen molar-refractivity contribution in [2.45, 2.75) is 199 Å². The van der Waals surface area contributed by atoms with Gasteiger partial charge >= 0.3 is 0 Å². The van der Waals surface area contributed by atoms with Gasteiger partial charge < -0.3 is 19.3 Å². The Balaban J connectivity index is 2.13. The zero-order chi connectivity index (χ0) is 36.7. The molecule has 0 aromatic heterocycles. The fourth-order valence-electron chi connectivity index (χ4n) is 6.95. The van der Waals surface area contributed by atoms with Gasteiger partial charge in [-0.1, -0.05) is 140 Å². The lowest BCUT2D eigenvalue weighted by atomic mass is 10.0. The lowest BCUT2D eigenvalue weighted by Gasteiger charge is -2.35. The van der Waals surface area contributed by atoms with Crippen molar-refractivity contribution in [3.63, 3.8) is 0 Å². The van der Waals surface area contributed by atoms with Gasteiger partial charge in [0.1, 0.15) is 0 Å². The molecule has 1 aliphatic rings. The van der Waals surface area contributed by atoms with Crippen LogP contribution in [0.5, 0.6) is 0 Å². The Hall–Kier alpha value is -1.20. The number of nitrogens with zero attached hydrogens (tertiary/aromatic N) is 2. The van der Waals surface area contributed by atoms with Gasteiger partial charge in [-0.05, 0) is 123 Å². The second-order valence-electron chi connectivity index (χ2n) is 15.6. The SMILES string of the molecule is CCCCC/C=C\C/C=C\CCCCCCCCOCC(CCN1CCC(N(C)C)CC1)OCCCCCCCC/C=C\C/C=C\CCCCC. The third-order valence-electron chi connectivity index (χ3n) is 10.5. The third-order valence-corrected chi connectivity index (χ3v) is 10.5. The minimum atomic E-state index is 0.235. The molecule has 4 heteroatoms. The summed E-state index contributed by atoms with van der Waals surface area (Å²) in [5.41, 5.74) is 0. The zero-order valence-corrected chi connectivity index (χ0v) is 34.8. The van der Waals surface area contributed by atoms with Crippen LogP contribution >= 0.6 is 0 Å². The molecule has 1 rings (SSSR count). The summed E-state index contributed by atoms with van der Waals surface area (Å²) in [5, 5.41) is 0. The van der Waals surface area contributed by atoms with E-state index in [1.165, 1.54) is 167 Å². The van der Waals surface area contributed by atoms with E-state index in [-0.39, 0.29) is 6.10 Å². The van der Waals surface area contributed by atoms with Gasteiger partial charge in [0.2, 0.25) is 0 Å². The Bertz CT molecular complexity index is 811. The molecule has 1 aliphatic heterocycles. The van der Waals surface area contributed by atoms with E-state index in [1.807, 2.05) is 0 Å². The molecular weight excluding hydrogens is 625 g/mol. The molecule has 298 valence electrons. The van der Waals surface area contributed by atoms with Crippen molar-refractivity contribution in [3.8, 4) is 0 Å². The van der Waals surface area contributed by atoms with Crippen LogP contribution in [-0.4, -0.2) is 75.5 Å². The topological polar surface area (TPSA) is 24.9 Å². The molecule has 1 heterocycles. The molecule has 0 radical (unpaired) electrons. The monoisotopic (exact) mass is 713 g/mol. The maximum absolute atomic E-state index is 6.46. The molecule has 1 saturated heterocycles. The van der Waals surface area contributed by atoms with E-state index in [2.05, 4.69) is 86.4 Å². The Morgan fingerprint density at radius 1 is 0.549 bits per heavy atom. The maximum Gasteiger partial charge on any atom is 0.0820 e. The van der Waals surface area contributed by atoms with Gasteiger partial charge in [0.25, 0.3) is 0 Å². The van der Waals surface area contributed by atoms with Crippen molar-refractivity contribution in [1.82, 2.24) is 9.80 Å². The average Bonchev–Trinajstić information content (AvgIpc) is 3.14. The predicted molar refractivity (Wildman–Crippen MR) is 227 cm³/mol. The van der Waals surface area contributed by atoms with Crippen LogP contribution in [0, 0.1) is 0 Å². The number of hydrogen-bond donors (Lipinski definition) is 0. The summed E-state index contributed by atoms with van der Waals surface area (Å²) in [4.78, 5) is 5.05. The first-order valence-electron chi connectivity index (χ1n) is 22.3. The second kappa shape index (κ2) is 38.5. The van der Waals surface area contributed by atoms with Crippen molar-refractivity contribution >= 4 is 0 Å². The molecule has 1 unspecified atom stereocenters. The molecule has 0 saturated carbocycles. The van der Waals surface area contributed by atoms with Crippen molar-refractivity contribution in [1.29, 1.82) is 0 Å². The number of unbranched alkanes of at least 4 members (excludes halogenated alkanes) is 18. The second-order valence-corrected chi connectivity index (χ2v) is 15.6. The molecule has 4 nitrogen and oxygen atoms in total. The maximum atomic E-state index is 6.46. The predicted octanol–water partition coefficient (Wildman–Crippen LogP) is 13.4. The van der Waals surface area contributed by atoms with Gasteiger partial charge in [-0.25, -0.2) is 0 Å². The molecule has 51 heavy (non-hydrogen) atoms. The van der Waals surface area contributed by atoms with E-state index in [0.717, 1.165) is 51.7 Å². The van der Waals surface area contributed by atoms with E-state index in [9.17, 15) is 0 Å². The van der Waals surface area contributed by atoms with Gasteiger partial charge in [-0.3, -0.25) is 0 Å². The van der Waals surface area contributed by atoms with Gasteiger partial charge in [0.15, 0.2) is 0 Å². The highest BCUT2D eigenvalue weighted by molar-refractivity contribution is 4.93. The van der Waals surface area contributed by atoms with E-state index in [0.29, 0.717) is 0 Å². The minimum absolute atomic E-state index is 0.235. The molecule has 0 bridgehead atoms. The summed E-state index contributed by atoms with van der Waals surface area (Å²) < 4.78 is 12.7. The van der Waals surface area contributed by atoms with Crippen LogP contribution in [0.1, 0.15) is 187 Å². The van der Waals surface area contributed by atoms with Crippen LogP contribution in [0.3, 0.4) is 0 Å². The first kappa shape index (κ1) is 47.8. The minimum Gasteiger partial charge on any atom is -0.379 e. The lowest BCUT2D eigenvalue weighted by molar-refractivity contribution is -0.0275. The largest absolute Gasteiger partial charge is 0.379 e. The van der Waals surface area contributed by atoms with Crippen molar-refractivity contribution in [2.75, 3.05) is 53.6 Å². The number of piperidine rings is 1. The Kier molecular flexibility index (Phi) is 36.1. The fourth-order valence-corrected chi connectivity index (χ4v) is 6.95. The normalized spacial score (nSPS) is 15.6. The molecule has 0 aromatic carbocycles. The standard InChI is InChI=1S/C47H88N2O2/c1-5-7-9-11-13-15-17-19-21-23-25-27-29-31-33-35-43-50-45-47(39-42-49-40-37-46(38-41-49)48(3)4)51-44-36-34-32-30-28-26-24-22-20-18-16-14-12-10-8-6-2/h13-16,19-22,46-47H,5-12,17-18,23-45H2,1-4H3/b15-13-,16-14-,21-19-,22-20-. The smallest absolute Gasteiger partial charge is 0.0820 e. The van der Waals surface area contributed by atoms with E-state index < -0.39 is 0 Å². The molecular formula is C47H88N2O2. The number of allylic oxidation sites excluding steroid dienone is 8. The van der Waals surface area contributed by atoms with Crippen LogP contribution in [0.15, 0.2) is 48.6 Å². The summed E-state index contributed by atoms with van der Waals surface area (Å²) in [5.74, 6) is 0. The Morgan fingerprint density at radius 3 is 1.45 bits per heavy atom. The average molecular weight is 713 g/mol. The number of likely N-dealkylation sites (tertiary alicyclic amines) is 1. The van der Waals surface area contributed by atoms with Crippen LogP contribution in [0.4, 0.5) is 0 Å². The summed E-state index contributed by atoms with van der Waals surface area (Å²) in [7, 11) is 4.45. The number of ether oxygens (including phenoxy) is 2. The number of hydrogen-bond acceptors (Lipinski definition) is 4. The first-order chi connectivity index (χ1) is 25.2. The molecule has 0 N–H and O–H groups in total. The quantitative estimate of drug-likeness (QED) is 0.0473. The van der Waals surface area contributed by atoms with Gasteiger partial charge in [0.05, 0.1) is 12.7 Å². The molecule has 1 fully saturated rings. The highest BCUT2D eigenvalue weighted by Gasteiger charge is 2.21. The molecule has 0 aromatic rings. The van der Waals surface area contributed by atoms with Gasteiger partial charge in [-0.15, -0.1) is 0 Å². The van der Waals surface area contributed by atoms with Crippen molar-refractivity contribution in [2.24, 2.45) is 0 Å². The summed E-state index contributed by atoms with van der Waals surface area (Å²) in [6, 6.07) is 0.745. The van der Waals surface area contributed by atoms with Crippen LogP contribution in [0.25, 0.3) is 0 Å². The van der Waals surface area contributed by atoms with Crippen LogP contribution in [-0.2, 0) is 9.47 Å². The van der Waals surface area contributed by atoms with Gasteiger partial charge in [-0.2, -0.15) is 0 Å².